The molecule has 1 rings (SSSR count). The van der Waals surface area contributed by atoms with Crippen LogP contribution in [0.1, 0.15) is 44.5 Å². The topological polar surface area (TPSA) is 61.5 Å². The SMILES string of the molecule is CCOc1ccc(C(=O)C(N)C(C)CC)cc1OCC. The van der Waals surface area contributed by atoms with Crippen LogP contribution in [0.4, 0.5) is 0 Å². The van der Waals surface area contributed by atoms with E-state index in [4.69, 9.17) is 15.2 Å². The van der Waals surface area contributed by atoms with Crippen molar-refractivity contribution >= 4 is 5.78 Å². The molecule has 0 spiro atoms. The van der Waals surface area contributed by atoms with E-state index in [9.17, 15) is 4.79 Å². The summed E-state index contributed by atoms with van der Waals surface area (Å²) in [5.74, 6) is 1.35. The third kappa shape index (κ3) is 3.97. The number of ketones is 1. The second-order valence-electron chi connectivity index (χ2n) is 4.80. The smallest absolute Gasteiger partial charge is 0.179 e. The van der Waals surface area contributed by atoms with Crippen molar-refractivity contribution in [3.05, 3.63) is 23.8 Å². The molecule has 0 aliphatic carbocycles. The van der Waals surface area contributed by atoms with Gasteiger partial charge in [0.2, 0.25) is 0 Å². The first-order valence-corrected chi connectivity index (χ1v) is 7.24. The van der Waals surface area contributed by atoms with E-state index in [0.717, 1.165) is 6.42 Å². The van der Waals surface area contributed by atoms with E-state index in [1.165, 1.54) is 0 Å². The Labute approximate surface area is 121 Å². The van der Waals surface area contributed by atoms with Gasteiger partial charge in [0, 0.05) is 5.56 Å². The normalized spacial score (nSPS) is 13.7. The first-order valence-electron chi connectivity index (χ1n) is 7.24. The summed E-state index contributed by atoms with van der Waals surface area (Å²) in [7, 11) is 0. The van der Waals surface area contributed by atoms with Crippen LogP contribution < -0.4 is 15.2 Å². The number of hydrogen-bond acceptors (Lipinski definition) is 4. The maximum absolute atomic E-state index is 12.3. The monoisotopic (exact) mass is 279 g/mol. The quantitative estimate of drug-likeness (QED) is 0.743. The summed E-state index contributed by atoms with van der Waals surface area (Å²) in [5, 5.41) is 0. The third-order valence-electron chi connectivity index (χ3n) is 3.39. The van der Waals surface area contributed by atoms with Gasteiger partial charge in [-0.05, 0) is 38.0 Å². The lowest BCUT2D eigenvalue weighted by molar-refractivity contribution is 0.0934. The molecule has 0 amide bonds. The van der Waals surface area contributed by atoms with Crippen molar-refractivity contribution in [2.45, 2.75) is 40.2 Å². The number of benzene rings is 1. The van der Waals surface area contributed by atoms with Gasteiger partial charge in [-0.1, -0.05) is 20.3 Å². The molecule has 0 saturated heterocycles. The van der Waals surface area contributed by atoms with E-state index in [0.29, 0.717) is 30.3 Å². The molecule has 0 radical (unpaired) electrons. The number of carbonyl (C=O) groups is 1. The molecule has 1 aromatic carbocycles. The van der Waals surface area contributed by atoms with Crippen molar-refractivity contribution in [2.24, 2.45) is 11.7 Å². The molecule has 4 heteroatoms. The molecular weight excluding hydrogens is 254 g/mol. The van der Waals surface area contributed by atoms with Gasteiger partial charge in [-0.25, -0.2) is 0 Å². The highest BCUT2D eigenvalue weighted by atomic mass is 16.5. The van der Waals surface area contributed by atoms with E-state index < -0.39 is 6.04 Å². The predicted molar refractivity (Wildman–Crippen MR) is 80.5 cm³/mol. The van der Waals surface area contributed by atoms with Gasteiger partial charge < -0.3 is 15.2 Å². The molecule has 4 nitrogen and oxygen atoms in total. The van der Waals surface area contributed by atoms with Crippen LogP contribution in [0.3, 0.4) is 0 Å². The number of hydrogen-bond donors (Lipinski definition) is 1. The summed E-state index contributed by atoms with van der Waals surface area (Å²) in [4.78, 5) is 12.3. The summed E-state index contributed by atoms with van der Waals surface area (Å²) >= 11 is 0. The van der Waals surface area contributed by atoms with Crippen molar-refractivity contribution in [1.82, 2.24) is 0 Å². The van der Waals surface area contributed by atoms with Crippen molar-refractivity contribution in [3.8, 4) is 11.5 Å². The Morgan fingerprint density at radius 3 is 2.30 bits per heavy atom. The second-order valence-corrected chi connectivity index (χ2v) is 4.80. The fourth-order valence-corrected chi connectivity index (χ4v) is 1.91. The van der Waals surface area contributed by atoms with Crippen LogP contribution >= 0.6 is 0 Å². The molecule has 0 aliphatic heterocycles. The van der Waals surface area contributed by atoms with Gasteiger partial charge in [-0.15, -0.1) is 0 Å². The highest BCUT2D eigenvalue weighted by molar-refractivity contribution is 6.00. The third-order valence-corrected chi connectivity index (χ3v) is 3.39. The molecule has 112 valence electrons. The first-order chi connectivity index (χ1) is 9.54. The summed E-state index contributed by atoms with van der Waals surface area (Å²) in [6, 6.07) is 4.76. The summed E-state index contributed by atoms with van der Waals surface area (Å²) in [6.07, 6.45) is 0.877. The first kappa shape index (κ1) is 16.5. The fraction of sp³-hybridized carbons (Fsp3) is 0.562. The minimum Gasteiger partial charge on any atom is -0.490 e. The van der Waals surface area contributed by atoms with Crippen LogP contribution in [0.5, 0.6) is 11.5 Å². The van der Waals surface area contributed by atoms with Crippen LogP contribution in [0.2, 0.25) is 0 Å². The molecule has 2 N–H and O–H groups in total. The minimum absolute atomic E-state index is 0.0525. The molecule has 0 aliphatic rings. The van der Waals surface area contributed by atoms with Gasteiger partial charge in [0.05, 0.1) is 19.3 Å². The summed E-state index contributed by atoms with van der Waals surface area (Å²) < 4.78 is 11.0. The summed E-state index contributed by atoms with van der Waals surface area (Å²) in [6.45, 7) is 8.90. The molecule has 2 atom stereocenters. The highest BCUT2D eigenvalue weighted by Gasteiger charge is 2.22. The Kier molecular flexibility index (Phi) is 6.52. The van der Waals surface area contributed by atoms with Gasteiger partial charge in [0.25, 0.3) is 0 Å². The van der Waals surface area contributed by atoms with Crippen LogP contribution in [-0.4, -0.2) is 25.0 Å². The Hall–Kier alpha value is -1.55. The second kappa shape index (κ2) is 7.90. The average Bonchev–Trinajstić information content (AvgIpc) is 2.47. The lowest BCUT2D eigenvalue weighted by atomic mass is 9.92. The Morgan fingerprint density at radius 2 is 1.75 bits per heavy atom. The zero-order chi connectivity index (χ0) is 15.1. The minimum atomic E-state index is -0.479. The number of rotatable bonds is 8. The fourth-order valence-electron chi connectivity index (χ4n) is 1.91. The van der Waals surface area contributed by atoms with E-state index in [2.05, 4.69) is 0 Å². The van der Waals surface area contributed by atoms with Crippen LogP contribution in [0.15, 0.2) is 18.2 Å². The number of ether oxygens (including phenoxy) is 2. The molecule has 0 fully saturated rings. The Balaban J connectivity index is 3.01. The van der Waals surface area contributed by atoms with E-state index in [1.54, 1.807) is 18.2 Å². The summed E-state index contributed by atoms with van der Waals surface area (Å²) in [5.41, 5.74) is 6.58. The Bertz CT molecular complexity index is 445. The number of nitrogens with two attached hydrogens (primary N) is 1. The molecule has 0 bridgehead atoms. The molecular formula is C16H25NO3. The molecule has 0 aromatic heterocycles. The maximum atomic E-state index is 12.3. The zero-order valence-electron chi connectivity index (χ0n) is 12.8. The van der Waals surface area contributed by atoms with Gasteiger partial charge in [0.15, 0.2) is 17.3 Å². The number of carbonyl (C=O) groups excluding carboxylic acids is 1. The predicted octanol–water partition coefficient (Wildman–Crippen LogP) is 3.04. The lowest BCUT2D eigenvalue weighted by Gasteiger charge is -2.18. The van der Waals surface area contributed by atoms with Crippen LogP contribution in [0, 0.1) is 5.92 Å². The van der Waals surface area contributed by atoms with Crippen molar-refractivity contribution in [2.75, 3.05) is 13.2 Å². The molecule has 0 heterocycles. The standard InChI is InChI=1S/C16H25NO3/c1-5-11(4)15(17)16(18)12-8-9-13(19-6-2)14(10-12)20-7-3/h8-11,15H,5-7,17H2,1-4H3. The van der Waals surface area contributed by atoms with Gasteiger partial charge in [-0.2, -0.15) is 0 Å². The largest absolute Gasteiger partial charge is 0.490 e. The zero-order valence-corrected chi connectivity index (χ0v) is 12.8. The van der Waals surface area contributed by atoms with E-state index in [-0.39, 0.29) is 11.7 Å². The average molecular weight is 279 g/mol. The van der Waals surface area contributed by atoms with Crippen LogP contribution in [-0.2, 0) is 0 Å². The van der Waals surface area contributed by atoms with Crippen molar-refractivity contribution in [3.63, 3.8) is 0 Å². The molecule has 1 aromatic rings. The molecule has 2 unspecified atom stereocenters. The van der Waals surface area contributed by atoms with Gasteiger partial charge in [0.1, 0.15) is 0 Å². The van der Waals surface area contributed by atoms with E-state index in [1.807, 2.05) is 27.7 Å². The maximum Gasteiger partial charge on any atom is 0.179 e. The van der Waals surface area contributed by atoms with E-state index >= 15 is 0 Å². The molecule has 0 saturated carbocycles. The Morgan fingerprint density at radius 1 is 1.15 bits per heavy atom. The van der Waals surface area contributed by atoms with Crippen molar-refractivity contribution in [1.29, 1.82) is 0 Å². The highest BCUT2D eigenvalue weighted by Crippen LogP contribution is 2.29. The molecule has 20 heavy (non-hydrogen) atoms. The number of Topliss-reactive ketones (excluding diaryl/α,β-unsaturated/α-hetero) is 1. The van der Waals surface area contributed by atoms with Gasteiger partial charge >= 0.3 is 0 Å². The van der Waals surface area contributed by atoms with Gasteiger partial charge in [-0.3, -0.25) is 4.79 Å². The van der Waals surface area contributed by atoms with Crippen LogP contribution in [0.25, 0.3) is 0 Å². The van der Waals surface area contributed by atoms with Crippen molar-refractivity contribution < 1.29 is 14.3 Å². The lowest BCUT2D eigenvalue weighted by Crippen LogP contribution is -2.36.